The molecule has 0 saturated heterocycles. The van der Waals surface area contributed by atoms with Gasteiger partial charge in [-0.3, -0.25) is 19.8 Å². The van der Waals surface area contributed by atoms with Crippen LogP contribution in [-0.2, 0) is 24.6 Å². The lowest BCUT2D eigenvalue weighted by Crippen LogP contribution is -2.31. The number of aromatic nitrogens is 2. The SMILES string of the molecule is COc1ccc(CN2COc3c(cc(CSc4ccccc4)c4cccnc34)C2)cc1.Cc1cc(CSc2ccccc2)c2cccnc2c1OCN(C)C(C)c1ccccc1. The first kappa shape index (κ1) is 42.8. The lowest BCUT2D eigenvalue weighted by Gasteiger charge is -2.30. The van der Waals surface area contributed by atoms with Crippen molar-refractivity contribution >= 4 is 45.3 Å². The molecule has 1 atom stereocenters. The highest BCUT2D eigenvalue weighted by Crippen LogP contribution is 2.38. The van der Waals surface area contributed by atoms with Gasteiger partial charge in [0.15, 0.2) is 5.75 Å². The first-order chi connectivity index (χ1) is 30.4. The molecule has 0 N–H and O–H groups in total. The van der Waals surface area contributed by atoms with Gasteiger partial charge in [0.1, 0.15) is 36.0 Å². The number of hydrogen-bond donors (Lipinski definition) is 0. The second-order valence-electron chi connectivity index (χ2n) is 15.4. The van der Waals surface area contributed by atoms with Gasteiger partial charge in [0, 0.05) is 69.2 Å². The molecule has 8 aromatic rings. The van der Waals surface area contributed by atoms with E-state index in [0.717, 1.165) is 63.8 Å². The average Bonchev–Trinajstić information content (AvgIpc) is 3.33. The molecular formula is C53H52N4O3S2. The summed E-state index contributed by atoms with van der Waals surface area (Å²) in [5, 5.41) is 2.33. The number of ether oxygens (including phenoxy) is 3. The molecule has 6 aromatic carbocycles. The second kappa shape index (κ2) is 20.8. The molecular weight excluding hydrogens is 805 g/mol. The Morgan fingerprint density at radius 3 is 1.92 bits per heavy atom. The molecule has 9 heteroatoms. The predicted molar refractivity (Wildman–Crippen MR) is 256 cm³/mol. The number of rotatable bonds is 14. The molecule has 0 bridgehead atoms. The van der Waals surface area contributed by atoms with Crippen LogP contribution in [0.3, 0.4) is 0 Å². The minimum atomic E-state index is 0.266. The van der Waals surface area contributed by atoms with Crippen LogP contribution in [0.25, 0.3) is 21.8 Å². The number of fused-ring (bicyclic) bond motifs is 4. The number of pyridine rings is 2. The second-order valence-corrected chi connectivity index (χ2v) is 17.5. The first-order valence-electron chi connectivity index (χ1n) is 20.9. The molecule has 3 heterocycles. The van der Waals surface area contributed by atoms with Gasteiger partial charge in [0.2, 0.25) is 0 Å². The summed E-state index contributed by atoms with van der Waals surface area (Å²) in [7, 11) is 3.78. The van der Waals surface area contributed by atoms with Crippen molar-refractivity contribution in [3.63, 3.8) is 0 Å². The number of nitrogens with zero attached hydrogens (tertiary/aromatic N) is 4. The summed E-state index contributed by atoms with van der Waals surface area (Å²) in [4.78, 5) is 16.4. The summed E-state index contributed by atoms with van der Waals surface area (Å²) < 4.78 is 17.8. The Bertz CT molecular complexity index is 2690. The Balaban J connectivity index is 0.000000171. The largest absolute Gasteiger partial charge is 0.497 e. The molecule has 2 aromatic heterocycles. The monoisotopic (exact) mass is 856 g/mol. The number of aryl methyl sites for hydroxylation is 1. The van der Waals surface area contributed by atoms with Crippen LogP contribution >= 0.6 is 23.5 Å². The Morgan fingerprint density at radius 2 is 1.29 bits per heavy atom. The lowest BCUT2D eigenvalue weighted by atomic mass is 10.0. The van der Waals surface area contributed by atoms with E-state index in [1.54, 1.807) is 7.11 Å². The van der Waals surface area contributed by atoms with Crippen molar-refractivity contribution in [2.45, 2.75) is 54.3 Å². The Labute approximate surface area is 374 Å². The van der Waals surface area contributed by atoms with Gasteiger partial charge in [-0.1, -0.05) is 97.1 Å². The number of thioether (sulfide) groups is 2. The van der Waals surface area contributed by atoms with Crippen LogP contribution in [-0.4, -0.2) is 47.4 Å². The molecule has 0 fully saturated rings. The third kappa shape index (κ3) is 10.6. The highest BCUT2D eigenvalue weighted by atomic mass is 32.2. The molecule has 1 aliphatic rings. The molecule has 1 unspecified atom stereocenters. The highest BCUT2D eigenvalue weighted by Gasteiger charge is 2.23. The zero-order valence-corrected chi connectivity index (χ0v) is 37.4. The normalized spacial score (nSPS) is 12.9. The predicted octanol–water partition coefficient (Wildman–Crippen LogP) is 12.8. The van der Waals surface area contributed by atoms with Gasteiger partial charge >= 0.3 is 0 Å². The van der Waals surface area contributed by atoms with Gasteiger partial charge in [-0.15, -0.1) is 23.5 Å². The van der Waals surface area contributed by atoms with Crippen LogP contribution in [0.4, 0.5) is 0 Å². The molecule has 0 saturated carbocycles. The van der Waals surface area contributed by atoms with E-state index in [2.05, 4.69) is 162 Å². The maximum Gasteiger partial charge on any atom is 0.152 e. The van der Waals surface area contributed by atoms with Crippen molar-refractivity contribution < 1.29 is 14.2 Å². The fraction of sp³-hybridized carbons (Fsp3) is 0.208. The fourth-order valence-electron chi connectivity index (χ4n) is 7.64. The van der Waals surface area contributed by atoms with E-state index >= 15 is 0 Å². The summed E-state index contributed by atoms with van der Waals surface area (Å²) in [6, 6.07) is 52.9. The summed E-state index contributed by atoms with van der Waals surface area (Å²) in [6.45, 7) is 7.05. The summed E-state index contributed by atoms with van der Waals surface area (Å²) >= 11 is 3.70. The van der Waals surface area contributed by atoms with Crippen molar-refractivity contribution in [3.05, 3.63) is 197 Å². The lowest BCUT2D eigenvalue weighted by molar-refractivity contribution is 0.0901. The van der Waals surface area contributed by atoms with Gasteiger partial charge in [0.25, 0.3) is 0 Å². The van der Waals surface area contributed by atoms with E-state index in [0.29, 0.717) is 13.5 Å². The third-order valence-electron chi connectivity index (χ3n) is 11.1. The average molecular weight is 857 g/mol. The topological polar surface area (TPSA) is 60.0 Å². The van der Waals surface area contributed by atoms with Crippen molar-refractivity contribution in [1.82, 2.24) is 19.8 Å². The van der Waals surface area contributed by atoms with Crippen molar-refractivity contribution in [3.8, 4) is 17.2 Å². The minimum Gasteiger partial charge on any atom is -0.497 e. The molecule has 0 amide bonds. The number of methoxy groups -OCH3 is 1. The van der Waals surface area contributed by atoms with Crippen LogP contribution in [0.15, 0.2) is 174 Å². The van der Waals surface area contributed by atoms with Gasteiger partial charge in [-0.2, -0.15) is 0 Å². The molecule has 314 valence electrons. The van der Waals surface area contributed by atoms with Gasteiger partial charge in [-0.25, -0.2) is 0 Å². The number of benzene rings is 6. The maximum atomic E-state index is 6.33. The van der Waals surface area contributed by atoms with E-state index in [1.165, 1.54) is 43.0 Å². The summed E-state index contributed by atoms with van der Waals surface area (Å²) in [5.41, 5.74) is 9.33. The smallest absolute Gasteiger partial charge is 0.152 e. The van der Waals surface area contributed by atoms with Gasteiger partial charge < -0.3 is 14.2 Å². The Hall–Kier alpha value is -5.84. The molecule has 1 aliphatic heterocycles. The zero-order valence-electron chi connectivity index (χ0n) is 35.7. The van der Waals surface area contributed by atoms with Crippen LogP contribution in [0.5, 0.6) is 17.2 Å². The molecule has 0 aliphatic carbocycles. The van der Waals surface area contributed by atoms with E-state index in [4.69, 9.17) is 14.2 Å². The van der Waals surface area contributed by atoms with Crippen LogP contribution in [0.1, 0.15) is 46.3 Å². The zero-order chi connectivity index (χ0) is 42.7. The van der Waals surface area contributed by atoms with Crippen LogP contribution in [0, 0.1) is 6.92 Å². The van der Waals surface area contributed by atoms with E-state index in [1.807, 2.05) is 66.2 Å². The van der Waals surface area contributed by atoms with E-state index in [-0.39, 0.29) is 6.04 Å². The third-order valence-corrected chi connectivity index (χ3v) is 13.2. The molecule has 0 spiro atoms. The Kier molecular flexibility index (Phi) is 14.4. The van der Waals surface area contributed by atoms with Crippen LogP contribution in [0.2, 0.25) is 0 Å². The fourth-order valence-corrected chi connectivity index (χ4v) is 9.46. The van der Waals surface area contributed by atoms with Crippen molar-refractivity contribution in [1.29, 1.82) is 0 Å². The van der Waals surface area contributed by atoms with Crippen LogP contribution < -0.4 is 14.2 Å². The molecule has 62 heavy (non-hydrogen) atoms. The van der Waals surface area contributed by atoms with Crippen molar-refractivity contribution in [2.24, 2.45) is 0 Å². The standard InChI is InChI=1S/C27H28N2OS.C26H24N2O2S/c1-20-17-23(18-31-24-13-8-5-9-14-24)25-15-10-16-28-26(25)27(20)30-19-29(3)21(2)22-11-6-4-7-12-22;1-29-22-11-9-19(10-12-22)15-28-16-20-14-21(17-31-23-6-3-2-4-7-23)24-8-5-13-27-25(24)26(20)30-18-28/h4-17,21H,18-19H2,1-3H3;2-14H,15-18H2,1H3. The summed E-state index contributed by atoms with van der Waals surface area (Å²) in [5.74, 6) is 4.48. The van der Waals surface area contributed by atoms with E-state index < -0.39 is 0 Å². The van der Waals surface area contributed by atoms with E-state index in [9.17, 15) is 0 Å². The first-order valence-corrected chi connectivity index (χ1v) is 22.9. The van der Waals surface area contributed by atoms with Gasteiger partial charge in [0.05, 0.1) is 7.11 Å². The number of hydrogen-bond acceptors (Lipinski definition) is 9. The molecule has 7 nitrogen and oxygen atoms in total. The maximum absolute atomic E-state index is 6.33. The Morgan fingerprint density at radius 1 is 0.710 bits per heavy atom. The molecule has 0 radical (unpaired) electrons. The van der Waals surface area contributed by atoms with Crippen molar-refractivity contribution in [2.75, 3.05) is 27.6 Å². The molecule has 9 rings (SSSR count). The quantitative estimate of drug-likeness (QED) is 0.0786. The summed E-state index contributed by atoms with van der Waals surface area (Å²) in [6.07, 6.45) is 3.70. The van der Waals surface area contributed by atoms with Gasteiger partial charge in [-0.05, 0) is 103 Å². The minimum absolute atomic E-state index is 0.266. The highest BCUT2D eigenvalue weighted by molar-refractivity contribution is 7.98.